The zero-order chi connectivity index (χ0) is 52.7. The number of anilines is 5. The van der Waals surface area contributed by atoms with Crippen molar-refractivity contribution in [3.63, 3.8) is 0 Å². The van der Waals surface area contributed by atoms with Gasteiger partial charge in [0.05, 0.1) is 5.69 Å². The van der Waals surface area contributed by atoms with Crippen molar-refractivity contribution in [3.8, 4) is 11.1 Å². The summed E-state index contributed by atoms with van der Waals surface area (Å²) in [6.45, 7) is 50.0. The van der Waals surface area contributed by atoms with Gasteiger partial charge in [0.1, 0.15) is 0 Å². The SMILES string of the molecule is Cc1cc2c3c(c1)N(c1ccc(C(C)(C)C)cc1)c1cc4c(cc1B3c1sc3c(c1N2Cc1c(C)cc(C(C)(C)C)cc1-c1ccc2c(c1)C(C)(C)CCC2(C)C)C(C)(C)CCC3(C)C)C(C)(C)CCC4(C)C. The van der Waals surface area contributed by atoms with Crippen LogP contribution >= 0.6 is 11.3 Å². The van der Waals surface area contributed by atoms with Crippen LogP contribution in [0, 0.1) is 13.8 Å². The molecule has 3 aliphatic carbocycles. The standard InChI is InChI=1S/C69H87BN2S/c1-41-33-55-58-56(34-41)72(46-24-22-44(23-25-46)62(3,4)5)54-39-52-51(66(13,14)29-30-67(52,15)16)38-53(54)70(58)61-59(57-60(73-61)69(19,20)32-31-68(57,17)18)71(55)40-48-42(2)35-45(63(6,7)8)37-47(48)43-21-26-49-50(36-43)65(11,12)28-27-64(49,9)10/h21-26,33-39H,27-32,40H2,1-20H3. The maximum absolute atomic E-state index is 2.88. The van der Waals surface area contributed by atoms with E-state index in [-0.39, 0.29) is 50.0 Å². The van der Waals surface area contributed by atoms with Crippen LogP contribution in [-0.4, -0.2) is 6.71 Å². The van der Waals surface area contributed by atoms with Gasteiger partial charge >= 0.3 is 0 Å². The molecule has 5 aliphatic rings. The molecule has 0 N–H and O–H groups in total. The van der Waals surface area contributed by atoms with Gasteiger partial charge in [-0.05, 0) is 204 Å². The van der Waals surface area contributed by atoms with E-state index >= 15 is 0 Å². The molecule has 0 radical (unpaired) electrons. The van der Waals surface area contributed by atoms with Gasteiger partial charge in [-0.2, -0.15) is 11.3 Å². The molecule has 2 nitrogen and oxygen atoms in total. The average Bonchev–Trinajstić information content (AvgIpc) is 3.72. The highest BCUT2D eigenvalue weighted by atomic mass is 32.1. The summed E-state index contributed by atoms with van der Waals surface area (Å²) in [5.74, 6) is 0. The van der Waals surface area contributed by atoms with Crippen LogP contribution in [0.1, 0.15) is 224 Å². The van der Waals surface area contributed by atoms with E-state index in [9.17, 15) is 0 Å². The van der Waals surface area contributed by atoms with Crippen LogP contribution in [0.4, 0.5) is 28.4 Å². The van der Waals surface area contributed by atoms with Crippen LogP contribution in [0.5, 0.6) is 0 Å². The molecule has 0 saturated carbocycles. The second-order valence-electron chi connectivity index (χ2n) is 30.0. The maximum Gasteiger partial charge on any atom is 0.264 e. The molecule has 0 amide bonds. The maximum atomic E-state index is 2.88. The summed E-state index contributed by atoms with van der Waals surface area (Å²) in [6, 6.07) is 32.9. The summed E-state index contributed by atoms with van der Waals surface area (Å²) < 4.78 is 1.55. The third-order valence-corrected chi connectivity index (χ3v) is 21.2. The fourth-order valence-electron chi connectivity index (χ4n) is 14.2. The molecule has 0 saturated heterocycles. The van der Waals surface area contributed by atoms with E-state index < -0.39 is 0 Å². The highest BCUT2D eigenvalue weighted by Crippen LogP contribution is 2.57. The number of aryl methyl sites for hydroxylation is 2. The van der Waals surface area contributed by atoms with Crippen LogP contribution in [0.25, 0.3) is 11.1 Å². The van der Waals surface area contributed by atoms with Gasteiger partial charge in [0.25, 0.3) is 6.71 Å². The average molecular weight is 987 g/mol. The molecule has 382 valence electrons. The van der Waals surface area contributed by atoms with Gasteiger partial charge in [-0.3, -0.25) is 0 Å². The summed E-state index contributed by atoms with van der Waals surface area (Å²) >= 11 is 2.17. The van der Waals surface area contributed by atoms with Gasteiger partial charge in [0.2, 0.25) is 0 Å². The Labute approximate surface area is 446 Å². The Hall–Kier alpha value is -4.54. The van der Waals surface area contributed by atoms with Crippen molar-refractivity contribution in [1.29, 1.82) is 0 Å². The monoisotopic (exact) mass is 987 g/mol. The van der Waals surface area contributed by atoms with E-state index in [0.29, 0.717) is 0 Å². The van der Waals surface area contributed by atoms with Crippen molar-refractivity contribution in [2.45, 2.75) is 227 Å². The predicted octanol–water partition coefficient (Wildman–Crippen LogP) is 17.6. The highest BCUT2D eigenvalue weighted by Gasteiger charge is 2.52. The lowest BCUT2D eigenvalue weighted by atomic mass is 9.35. The summed E-state index contributed by atoms with van der Waals surface area (Å²) in [7, 11) is 0. The van der Waals surface area contributed by atoms with E-state index in [2.05, 4.69) is 238 Å². The minimum Gasteiger partial charge on any atom is -0.337 e. The molecule has 11 rings (SSSR count). The second-order valence-corrected chi connectivity index (χ2v) is 31.0. The van der Waals surface area contributed by atoms with E-state index in [1.807, 2.05) is 0 Å². The normalized spacial score (nSPS) is 20.4. The summed E-state index contributed by atoms with van der Waals surface area (Å²) in [6.07, 6.45) is 7.18. The van der Waals surface area contributed by atoms with Gasteiger partial charge in [0, 0.05) is 38.9 Å². The first-order chi connectivity index (χ1) is 33.7. The van der Waals surface area contributed by atoms with Crippen molar-refractivity contribution in [2.24, 2.45) is 0 Å². The number of hydrogen-bond acceptors (Lipinski definition) is 3. The Morgan fingerprint density at radius 2 is 1.05 bits per heavy atom. The molecule has 1 aromatic heterocycles. The van der Waals surface area contributed by atoms with Crippen molar-refractivity contribution in [2.75, 3.05) is 9.80 Å². The Kier molecular flexibility index (Phi) is 11.1. The zero-order valence-corrected chi connectivity index (χ0v) is 49.7. The number of benzene rings is 5. The van der Waals surface area contributed by atoms with Crippen LogP contribution in [0.2, 0.25) is 0 Å². The van der Waals surface area contributed by atoms with E-state index in [1.54, 1.807) is 20.8 Å². The third-order valence-electron chi connectivity index (χ3n) is 19.6. The molecule has 73 heavy (non-hydrogen) atoms. The Bertz CT molecular complexity index is 3260. The molecule has 2 aliphatic heterocycles. The Balaban J connectivity index is 1.23. The fourth-order valence-corrected chi connectivity index (χ4v) is 16.0. The number of fused-ring (bicyclic) bond motifs is 8. The highest BCUT2D eigenvalue weighted by molar-refractivity contribution is 7.29. The molecule has 0 spiro atoms. The lowest BCUT2D eigenvalue weighted by molar-refractivity contribution is 0.332. The van der Waals surface area contributed by atoms with Gasteiger partial charge in [-0.25, -0.2) is 0 Å². The summed E-state index contributed by atoms with van der Waals surface area (Å²) in [5.41, 5.74) is 27.7. The van der Waals surface area contributed by atoms with E-state index in [1.165, 1.54) is 134 Å². The number of thiophene rings is 1. The number of rotatable bonds is 4. The second kappa shape index (κ2) is 16.0. The number of nitrogens with zero attached hydrogens (tertiary/aromatic N) is 2. The van der Waals surface area contributed by atoms with Crippen molar-refractivity contribution in [3.05, 3.63) is 139 Å². The molecular formula is C69H87BN2S. The Morgan fingerprint density at radius 1 is 0.521 bits per heavy atom. The third kappa shape index (κ3) is 7.89. The minimum absolute atomic E-state index is 0.00157. The Morgan fingerprint density at radius 3 is 1.66 bits per heavy atom. The van der Waals surface area contributed by atoms with E-state index in [4.69, 9.17) is 0 Å². The molecule has 5 aromatic carbocycles. The first-order valence-electron chi connectivity index (χ1n) is 28.2. The van der Waals surface area contributed by atoms with Gasteiger partial charge in [-0.1, -0.05) is 173 Å². The van der Waals surface area contributed by atoms with Gasteiger partial charge < -0.3 is 9.80 Å². The van der Waals surface area contributed by atoms with Crippen LogP contribution in [0.3, 0.4) is 0 Å². The first-order valence-corrected chi connectivity index (χ1v) is 29.0. The smallest absolute Gasteiger partial charge is 0.264 e. The molecule has 6 aromatic rings. The van der Waals surface area contributed by atoms with Crippen molar-refractivity contribution >= 4 is 62.2 Å². The molecule has 0 atom stereocenters. The molecule has 4 heteroatoms. The van der Waals surface area contributed by atoms with Gasteiger partial charge in [0.15, 0.2) is 0 Å². The van der Waals surface area contributed by atoms with E-state index in [0.717, 1.165) is 6.54 Å². The molecular weight excluding hydrogens is 900 g/mol. The number of hydrogen-bond donors (Lipinski definition) is 0. The quantitative estimate of drug-likeness (QED) is 0.162. The topological polar surface area (TPSA) is 6.48 Å². The summed E-state index contributed by atoms with van der Waals surface area (Å²) in [5, 5.41) is 0. The lowest BCUT2D eigenvalue weighted by Crippen LogP contribution is -2.61. The van der Waals surface area contributed by atoms with Crippen molar-refractivity contribution in [1.82, 2.24) is 0 Å². The summed E-state index contributed by atoms with van der Waals surface area (Å²) in [4.78, 5) is 7.17. The lowest BCUT2D eigenvalue weighted by Gasteiger charge is -2.48. The molecule has 0 bridgehead atoms. The van der Waals surface area contributed by atoms with Crippen molar-refractivity contribution < 1.29 is 0 Å². The minimum atomic E-state index is 0.00157. The predicted molar refractivity (Wildman–Crippen MR) is 321 cm³/mol. The largest absolute Gasteiger partial charge is 0.337 e. The van der Waals surface area contributed by atoms with Gasteiger partial charge in [-0.15, -0.1) is 0 Å². The fraction of sp³-hybridized carbons (Fsp3) is 0.507. The molecule has 0 fully saturated rings. The molecule has 3 heterocycles. The van der Waals surface area contributed by atoms with Crippen LogP contribution in [-0.2, 0) is 49.9 Å². The molecule has 0 unspecified atom stereocenters. The van der Waals surface area contributed by atoms with Crippen LogP contribution < -0.4 is 25.5 Å². The zero-order valence-electron chi connectivity index (χ0n) is 48.8. The first kappa shape index (κ1) is 50.6. The van der Waals surface area contributed by atoms with Crippen LogP contribution in [0.15, 0.2) is 78.9 Å².